The van der Waals surface area contributed by atoms with Gasteiger partial charge in [-0.3, -0.25) is 14.6 Å². The molecule has 0 radical (unpaired) electrons. The van der Waals surface area contributed by atoms with E-state index in [-0.39, 0.29) is 17.9 Å². The van der Waals surface area contributed by atoms with Gasteiger partial charge in [-0.25, -0.2) is 0 Å². The van der Waals surface area contributed by atoms with Crippen LogP contribution < -0.4 is 5.32 Å². The molecule has 1 aromatic rings. The predicted octanol–water partition coefficient (Wildman–Crippen LogP) is 3.02. The van der Waals surface area contributed by atoms with E-state index in [0.717, 1.165) is 25.7 Å². The molecule has 0 saturated heterocycles. The molecule has 0 spiro atoms. The first-order valence-electron chi connectivity index (χ1n) is 8.71. The van der Waals surface area contributed by atoms with Gasteiger partial charge in [0, 0.05) is 30.9 Å². The number of hydrogen-bond acceptors (Lipinski definition) is 3. The summed E-state index contributed by atoms with van der Waals surface area (Å²) in [5.41, 5.74) is 0.870. The number of aromatic nitrogens is 1. The standard InChI is InChI=1S/C18H27N3O2/c1-3-11-21(12-4-2)18(23)16-13-14(9-10-19-16)17(22)20-15-7-5-6-8-15/h9-10,13,15H,3-8,11-12H2,1-2H3,(H,20,22). The minimum absolute atomic E-state index is 0.0933. The van der Waals surface area contributed by atoms with E-state index in [1.165, 1.54) is 12.8 Å². The normalized spacial score (nSPS) is 14.7. The summed E-state index contributed by atoms with van der Waals surface area (Å²) in [6, 6.07) is 3.56. The Labute approximate surface area is 138 Å². The van der Waals surface area contributed by atoms with Gasteiger partial charge in [-0.15, -0.1) is 0 Å². The summed E-state index contributed by atoms with van der Waals surface area (Å²) in [4.78, 5) is 30.9. The molecule has 2 rings (SSSR count). The van der Waals surface area contributed by atoms with E-state index < -0.39 is 0 Å². The van der Waals surface area contributed by atoms with Crippen LogP contribution >= 0.6 is 0 Å². The van der Waals surface area contributed by atoms with Crippen molar-refractivity contribution < 1.29 is 9.59 Å². The van der Waals surface area contributed by atoms with E-state index in [1.54, 1.807) is 23.2 Å². The van der Waals surface area contributed by atoms with Crippen LogP contribution in [0.15, 0.2) is 18.3 Å². The molecule has 0 aromatic carbocycles. The number of rotatable bonds is 7. The highest BCUT2D eigenvalue weighted by Crippen LogP contribution is 2.18. The maximum absolute atomic E-state index is 12.6. The minimum atomic E-state index is -0.106. The van der Waals surface area contributed by atoms with E-state index in [0.29, 0.717) is 24.3 Å². The summed E-state index contributed by atoms with van der Waals surface area (Å²) in [5, 5.41) is 3.05. The van der Waals surface area contributed by atoms with Gasteiger partial charge in [-0.2, -0.15) is 0 Å². The predicted molar refractivity (Wildman–Crippen MR) is 90.4 cm³/mol. The summed E-state index contributed by atoms with van der Waals surface area (Å²) in [7, 11) is 0. The van der Waals surface area contributed by atoms with Crippen LogP contribution in [0.2, 0.25) is 0 Å². The lowest BCUT2D eigenvalue weighted by atomic mass is 10.1. The van der Waals surface area contributed by atoms with Crippen molar-refractivity contribution in [3.8, 4) is 0 Å². The maximum atomic E-state index is 12.6. The third-order valence-corrected chi connectivity index (χ3v) is 4.21. The molecule has 0 bridgehead atoms. The first-order chi connectivity index (χ1) is 11.2. The van der Waals surface area contributed by atoms with Gasteiger partial charge in [-0.1, -0.05) is 26.7 Å². The lowest BCUT2D eigenvalue weighted by Gasteiger charge is -2.21. The summed E-state index contributed by atoms with van der Waals surface area (Å²) >= 11 is 0. The molecule has 1 N–H and O–H groups in total. The molecule has 1 aromatic heterocycles. The fourth-order valence-corrected chi connectivity index (χ4v) is 3.04. The Balaban J connectivity index is 2.08. The molecule has 2 amide bonds. The fraction of sp³-hybridized carbons (Fsp3) is 0.611. The maximum Gasteiger partial charge on any atom is 0.272 e. The summed E-state index contributed by atoms with van der Waals surface area (Å²) in [5.74, 6) is -0.199. The monoisotopic (exact) mass is 317 g/mol. The second-order valence-corrected chi connectivity index (χ2v) is 6.18. The van der Waals surface area contributed by atoms with Crippen molar-refractivity contribution in [2.45, 2.75) is 58.4 Å². The van der Waals surface area contributed by atoms with Gasteiger partial charge in [0.25, 0.3) is 11.8 Å². The van der Waals surface area contributed by atoms with Crippen LogP contribution in [0.1, 0.15) is 73.2 Å². The molecule has 126 valence electrons. The van der Waals surface area contributed by atoms with E-state index in [4.69, 9.17) is 0 Å². The average molecular weight is 317 g/mol. The van der Waals surface area contributed by atoms with Crippen LogP contribution in [-0.4, -0.2) is 40.8 Å². The van der Waals surface area contributed by atoms with Crippen molar-refractivity contribution in [1.29, 1.82) is 0 Å². The number of carbonyl (C=O) groups excluding carboxylic acids is 2. The largest absolute Gasteiger partial charge is 0.349 e. The van der Waals surface area contributed by atoms with Gasteiger partial charge in [0.15, 0.2) is 0 Å². The molecule has 0 aliphatic heterocycles. The Morgan fingerprint density at radius 2 is 1.87 bits per heavy atom. The van der Waals surface area contributed by atoms with E-state index in [1.807, 2.05) is 0 Å². The molecular formula is C18H27N3O2. The van der Waals surface area contributed by atoms with E-state index in [9.17, 15) is 9.59 Å². The molecule has 0 unspecified atom stereocenters. The SMILES string of the molecule is CCCN(CCC)C(=O)c1cc(C(=O)NC2CCCC2)ccn1. The number of amides is 2. The molecule has 1 aliphatic carbocycles. The number of nitrogens with one attached hydrogen (secondary N) is 1. The molecule has 1 saturated carbocycles. The first-order valence-corrected chi connectivity index (χ1v) is 8.71. The number of hydrogen-bond donors (Lipinski definition) is 1. The van der Waals surface area contributed by atoms with Crippen LogP contribution in [0.25, 0.3) is 0 Å². The van der Waals surface area contributed by atoms with Crippen molar-refractivity contribution in [1.82, 2.24) is 15.2 Å². The highest BCUT2D eigenvalue weighted by molar-refractivity contribution is 5.98. The molecule has 5 nitrogen and oxygen atoms in total. The third-order valence-electron chi connectivity index (χ3n) is 4.21. The van der Waals surface area contributed by atoms with Gasteiger partial charge in [0.1, 0.15) is 5.69 Å². The number of carbonyl (C=O) groups is 2. The third kappa shape index (κ3) is 4.78. The minimum Gasteiger partial charge on any atom is -0.349 e. The van der Waals surface area contributed by atoms with Gasteiger partial charge < -0.3 is 10.2 Å². The number of pyridine rings is 1. The first kappa shape index (κ1) is 17.4. The topological polar surface area (TPSA) is 62.3 Å². The van der Waals surface area contributed by atoms with Crippen molar-refractivity contribution in [2.75, 3.05) is 13.1 Å². The Morgan fingerprint density at radius 3 is 2.48 bits per heavy atom. The molecule has 1 fully saturated rings. The molecular weight excluding hydrogens is 290 g/mol. The Hall–Kier alpha value is -1.91. The average Bonchev–Trinajstić information content (AvgIpc) is 3.07. The van der Waals surface area contributed by atoms with Gasteiger partial charge >= 0.3 is 0 Å². The Morgan fingerprint density at radius 1 is 1.22 bits per heavy atom. The zero-order valence-electron chi connectivity index (χ0n) is 14.2. The van der Waals surface area contributed by atoms with Crippen LogP contribution in [0.5, 0.6) is 0 Å². The Kier molecular flexibility index (Phi) is 6.56. The van der Waals surface area contributed by atoms with E-state index in [2.05, 4.69) is 24.1 Å². The molecule has 23 heavy (non-hydrogen) atoms. The second-order valence-electron chi connectivity index (χ2n) is 6.18. The van der Waals surface area contributed by atoms with Crippen molar-refractivity contribution in [3.63, 3.8) is 0 Å². The van der Waals surface area contributed by atoms with Crippen molar-refractivity contribution in [3.05, 3.63) is 29.6 Å². The van der Waals surface area contributed by atoms with Crippen molar-refractivity contribution >= 4 is 11.8 Å². The Bertz CT molecular complexity index is 533. The molecule has 1 aliphatic rings. The summed E-state index contributed by atoms with van der Waals surface area (Å²) in [6.07, 6.45) is 7.81. The second kappa shape index (κ2) is 8.65. The van der Waals surface area contributed by atoms with Crippen LogP contribution in [0.4, 0.5) is 0 Å². The van der Waals surface area contributed by atoms with Crippen LogP contribution in [0.3, 0.4) is 0 Å². The highest BCUT2D eigenvalue weighted by Gasteiger charge is 2.20. The molecule has 5 heteroatoms. The lowest BCUT2D eigenvalue weighted by Crippen LogP contribution is -2.34. The number of nitrogens with zero attached hydrogens (tertiary/aromatic N) is 2. The fourth-order valence-electron chi connectivity index (χ4n) is 3.04. The summed E-state index contributed by atoms with van der Waals surface area (Å²) in [6.45, 7) is 5.53. The lowest BCUT2D eigenvalue weighted by molar-refractivity contribution is 0.0749. The smallest absolute Gasteiger partial charge is 0.272 e. The quantitative estimate of drug-likeness (QED) is 0.841. The molecule has 1 heterocycles. The van der Waals surface area contributed by atoms with Crippen LogP contribution in [-0.2, 0) is 0 Å². The van der Waals surface area contributed by atoms with Gasteiger partial charge in [-0.05, 0) is 37.8 Å². The molecule has 0 atom stereocenters. The zero-order valence-corrected chi connectivity index (χ0v) is 14.2. The van der Waals surface area contributed by atoms with Gasteiger partial charge in [0.2, 0.25) is 0 Å². The van der Waals surface area contributed by atoms with Gasteiger partial charge in [0.05, 0.1) is 0 Å². The highest BCUT2D eigenvalue weighted by atomic mass is 16.2. The van der Waals surface area contributed by atoms with Crippen LogP contribution in [0, 0.1) is 0 Å². The van der Waals surface area contributed by atoms with Crippen molar-refractivity contribution in [2.24, 2.45) is 0 Å². The summed E-state index contributed by atoms with van der Waals surface area (Å²) < 4.78 is 0. The van der Waals surface area contributed by atoms with E-state index >= 15 is 0 Å². The zero-order chi connectivity index (χ0) is 16.7.